The van der Waals surface area contributed by atoms with E-state index in [4.69, 9.17) is 33.9 Å². The van der Waals surface area contributed by atoms with Crippen molar-refractivity contribution in [1.29, 1.82) is 0 Å². The second-order valence-corrected chi connectivity index (χ2v) is 7.63. The summed E-state index contributed by atoms with van der Waals surface area (Å²) < 4.78 is 22.4. The van der Waals surface area contributed by atoms with E-state index in [9.17, 15) is 13.2 Å². The molecule has 0 spiro atoms. The fourth-order valence-electron chi connectivity index (χ4n) is 1.77. The van der Waals surface area contributed by atoms with Crippen molar-refractivity contribution >= 4 is 54.5 Å². The van der Waals surface area contributed by atoms with Crippen LogP contribution < -0.4 is 4.90 Å². The van der Waals surface area contributed by atoms with Gasteiger partial charge in [-0.05, 0) is 18.2 Å². The van der Waals surface area contributed by atoms with Crippen LogP contribution in [0.25, 0.3) is 0 Å². The molecule has 18 heavy (non-hydrogen) atoms. The molecule has 0 N–H and O–H groups in total. The normalized spacial score (nSPS) is 20.5. The summed E-state index contributed by atoms with van der Waals surface area (Å²) in [7, 11) is 1.52. The first-order valence-electron chi connectivity index (χ1n) is 4.98. The van der Waals surface area contributed by atoms with Gasteiger partial charge in [0, 0.05) is 29.3 Å². The van der Waals surface area contributed by atoms with E-state index in [0.717, 1.165) is 0 Å². The molecule has 2 rings (SSSR count). The topological polar surface area (TPSA) is 54.5 Å². The number of hydrogen-bond acceptors (Lipinski definition) is 3. The van der Waals surface area contributed by atoms with Gasteiger partial charge in [-0.1, -0.05) is 23.2 Å². The lowest BCUT2D eigenvalue weighted by atomic mass is 10.3. The van der Waals surface area contributed by atoms with Crippen molar-refractivity contribution in [3.8, 4) is 0 Å². The molecule has 1 aromatic rings. The molecule has 1 aliphatic rings. The summed E-state index contributed by atoms with van der Waals surface area (Å²) in [6.45, 7) is 0.0304. The average Bonchev–Trinajstić information content (AvgIpc) is 2.64. The molecule has 0 saturated carbocycles. The summed E-state index contributed by atoms with van der Waals surface area (Å²) >= 11 is 11.6. The Bertz CT molecular complexity index is 602. The Kier molecular flexibility index (Phi) is 3.78. The van der Waals surface area contributed by atoms with Crippen molar-refractivity contribution in [2.24, 2.45) is 0 Å². The van der Waals surface area contributed by atoms with Crippen molar-refractivity contribution in [1.82, 2.24) is 0 Å². The molecule has 0 aliphatic carbocycles. The van der Waals surface area contributed by atoms with Gasteiger partial charge in [0.05, 0.1) is 10.0 Å². The van der Waals surface area contributed by atoms with Gasteiger partial charge in [0.2, 0.25) is 15.0 Å². The number of carbonyl (C=O) groups is 1. The number of anilines is 1. The van der Waals surface area contributed by atoms with Crippen LogP contribution in [0.4, 0.5) is 5.69 Å². The van der Waals surface area contributed by atoms with Gasteiger partial charge in [0.1, 0.15) is 5.25 Å². The Morgan fingerprint density at radius 2 is 1.89 bits per heavy atom. The minimum atomic E-state index is -3.74. The van der Waals surface area contributed by atoms with Gasteiger partial charge in [-0.15, -0.1) is 0 Å². The van der Waals surface area contributed by atoms with Crippen LogP contribution in [0.1, 0.15) is 6.42 Å². The van der Waals surface area contributed by atoms with Gasteiger partial charge in [-0.3, -0.25) is 4.79 Å². The molecule has 1 aromatic carbocycles. The van der Waals surface area contributed by atoms with Crippen molar-refractivity contribution in [2.45, 2.75) is 11.7 Å². The van der Waals surface area contributed by atoms with Gasteiger partial charge < -0.3 is 4.90 Å². The summed E-state index contributed by atoms with van der Waals surface area (Å²) in [6.07, 6.45) is -0.119. The Hall–Kier alpha value is -0.490. The zero-order valence-electron chi connectivity index (χ0n) is 8.94. The first-order chi connectivity index (χ1) is 8.29. The molecule has 0 aromatic heterocycles. The predicted octanol–water partition coefficient (Wildman–Crippen LogP) is 2.67. The molecule has 4 nitrogen and oxygen atoms in total. The molecule has 1 atom stereocenters. The maximum atomic E-state index is 11.8. The molecule has 1 heterocycles. The van der Waals surface area contributed by atoms with Crippen molar-refractivity contribution < 1.29 is 13.2 Å². The largest absolute Gasteiger partial charge is 0.311 e. The van der Waals surface area contributed by atoms with Crippen molar-refractivity contribution in [3.63, 3.8) is 0 Å². The molecule has 1 unspecified atom stereocenters. The Morgan fingerprint density at radius 1 is 1.22 bits per heavy atom. The highest BCUT2D eigenvalue weighted by Crippen LogP contribution is 2.31. The van der Waals surface area contributed by atoms with Gasteiger partial charge in [-0.2, -0.15) is 0 Å². The number of nitrogens with zero attached hydrogens (tertiary/aromatic N) is 1. The van der Waals surface area contributed by atoms with E-state index >= 15 is 0 Å². The highest BCUT2D eigenvalue weighted by Gasteiger charge is 2.38. The van der Waals surface area contributed by atoms with Crippen LogP contribution in [-0.2, 0) is 13.8 Å². The Morgan fingerprint density at radius 3 is 2.39 bits per heavy atom. The smallest absolute Gasteiger partial charge is 0.237 e. The molecule has 1 aliphatic heterocycles. The lowest BCUT2D eigenvalue weighted by molar-refractivity contribution is -0.117. The number of hydrogen-bond donors (Lipinski definition) is 0. The van der Waals surface area contributed by atoms with E-state index in [0.29, 0.717) is 15.7 Å². The number of benzene rings is 1. The minimum absolute atomic E-state index is 0.0304. The quantitative estimate of drug-likeness (QED) is 0.784. The molecule has 8 heteroatoms. The van der Waals surface area contributed by atoms with Crippen molar-refractivity contribution in [3.05, 3.63) is 28.2 Å². The van der Waals surface area contributed by atoms with Crippen LogP contribution in [0, 0.1) is 0 Å². The number of amides is 1. The third-order valence-electron chi connectivity index (χ3n) is 2.70. The zero-order chi connectivity index (χ0) is 13.5. The molecular formula is C10H8Cl3NO3S. The van der Waals surface area contributed by atoms with Crippen LogP contribution in [0.5, 0.6) is 0 Å². The van der Waals surface area contributed by atoms with Crippen LogP contribution in [-0.4, -0.2) is 26.1 Å². The highest BCUT2D eigenvalue weighted by atomic mass is 35.7. The molecule has 1 fully saturated rings. The van der Waals surface area contributed by atoms with Crippen LogP contribution in [0.2, 0.25) is 10.0 Å². The van der Waals surface area contributed by atoms with E-state index in [1.54, 1.807) is 12.1 Å². The van der Waals surface area contributed by atoms with E-state index in [1.807, 2.05) is 0 Å². The minimum Gasteiger partial charge on any atom is -0.311 e. The first kappa shape index (κ1) is 13.9. The lowest BCUT2D eigenvalue weighted by Gasteiger charge is -2.16. The first-order valence-corrected chi connectivity index (χ1v) is 8.11. The summed E-state index contributed by atoms with van der Waals surface area (Å²) in [5.41, 5.74) is 0.511. The maximum absolute atomic E-state index is 11.8. The SMILES string of the molecule is O=C1CC(S(=O)(=O)Cl)CN1c1ccc(Cl)c(Cl)c1. The molecule has 0 radical (unpaired) electrons. The third-order valence-corrected chi connectivity index (χ3v) is 5.31. The lowest BCUT2D eigenvalue weighted by Crippen LogP contribution is -2.26. The zero-order valence-corrected chi connectivity index (χ0v) is 12.0. The standard InChI is InChI=1S/C10H8Cl3NO3S/c11-8-2-1-6(3-9(8)12)14-5-7(4-10(14)15)18(13,16)17/h1-3,7H,4-5H2. The van der Waals surface area contributed by atoms with Crippen molar-refractivity contribution in [2.75, 3.05) is 11.4 Å². The Labute approximate surface area is 119 Å². The average molecular weight is 329 g/mol. The van der Waals surface area contributed by atoms with E-state index < -0.39 is 14.3 Å². The number of carbonyl (C=O) groups excluding carboxylic acids is 1. The third kappa shape index (κ3) is 2.74. The van der Waals surface area contributed by atoms with Crippen LogP contribution in [0.15, 0.2) is 18.2 Å². The van der Waals surface area contributed by atoms with E-state index in [2.05, 4.69) is 0 Å². The second kappa shape index (κ2) is 4.89. The number of halogens is 3. The monoisotopic (exact) mass is 327 g/mol. The summed E-state index contributed by atoms with van der Waals surface area (Å²) in [6, 6.07) is 4.68. The predicted molar refractivity (Wildman–Crippen MR) is 72.0 cm³/mol. The van der Waals surface area contributed by atoms with Gasteiger partial charge in [-0.25, -0.2) is 8.42 Å². The highest BCUT2D eigenvalue weighted by molar-refractivity contribution is 8.14. The molecule has 0 bridgehead atoms. The molecule has 98 valence electrons. The summed E-state index contributed by atoms with van der Waals surface area (Å²) in [5.74, 6) is -0.303. The number of rotatable bonds is 2. The maximum Gasteiger partial charge on any atom is 0.237 e. The fraction of sp³-hybridized carbons (Fsp3) is 0.300. The summed E-state index contributed by atoms with van der Waals surface area (Å²) in [5, 5.41) is -0.214. The molecule has 1 amide bonds. The molecule has 1 saturated heterocycles. The van der Waals surface area contributed by atoms with Crippen LogP contribution >= 0.6 is 33.9 Å². The van der Waals surface area contributed by atoms with Gasteiger partial charge >= 0.3 is 0 Å². The van der Waals surface area contributed by atoms with E-state index in [-0.39, 0.29) is 18.9 Å². The summed E-state index contributed by atoms with van der Waals surface area (Å²) in [4.78, 5) is 13.1. The fourth-order valence-corrected chi connectivity index (χ4v) is 3.08. The second-order valence-electron chi connectivity index (χ2n) is 3.90. The van der Waals surface area contributed by atoms with Gasteiger partial charge in [0.15, 0.2) is 0 Å². The Balaban J connectivity index is 2.30. The van der Waals surface area contributed by atoms with Crippen LogP contribution in [0.3, 0.4) is 0 Å². The van der Waals surface area contributed by atoms with Gasteiger partial charge in [0.25, 0.3) is 0 Å². The van der Waals surface area contributed by atoms with E-state index in [1.165, 1.54) is 11.0 Å². The molecular weight excluding hydrogens is 321 g/mol.